The van der Waals surface area contributed by atoms with Gasteiger partial charge >= 0.3 is 0 Å². The van der Waals surface area contributed by atoms with E-state index < -0.39 is 0 Å². The van der Waals surface area contributed by atoms with Crippen LogP contribution in [0.1, 0.15) is 36.0 Å². The third-order valence-electron chi connectivity index (χ3n) is 4.38. The lowest BCUT2D eigenvalue weighted by Crippen LogP contribution is -2.46. The van der Waals surface area contributed by atoms with Crippen molar-refractivity contribution in [3.05, 3.63) is 28.8 Å². The lowest BCUT2D eigenvalue weighted by Gasteiger charge is -2.32. The highest BCUT2D eigenvalue weighted by atomic mass is 35.5. The van der Waals surface area contributed by atoms with Crippen LogP contribution in [-0.2, 0) is 0 Å². The van der Waals surface area contributed by atoms with Crippen molar-refractivity contribution in [1.82, 2.24) is 10.2 Å². The van der Waals surface area contributed by atoms with Gasteiger partial charge in [0.05, 0.1) is 5.02 Å². The molecule has 5 heteroatoms. The molecule has 0 aliphatic carbocycles. The summed E-state index contributed by atoms with van der Waals surface area (Å²) in [5.41, 5.74) is 0.502. The molecule has 2 aliphatic heterocycles. The Bertz CT molecular complexity index is 521. The monoisotopic (exact) mass is 294 g/mol. The summed E-state index contributed by atoms with van der Waals surface area (Å²) in [6.45, 7) is 2.23. The third kappa shape index (κ3) is 2.63. The van der Waals surface area contributed by atoms with Gasteiger partial charge in [-0.1, -0.05) is 18.0 Å². The highest BCUT2D eigenvalue weighted by Crippen LogP contribution is 2.28. The molecule has 2 unspecified atom stereocenters. The molecule has 1 aromatic carbocycles. The number of hydrogen-bond donors (Lipinski definition) is 2. The minimum absolute atomic E-state index is 0.00235. The summed E-state index contributed by atoms with van der Waals surface area (Å²) in [6, 6.07) is 5.29. The van der Waals surface area contributed by atoms with Crippen molar-refractivity contribution in [3.63, 3.8) is 0 Å². The van der Waals surface area contributed by atoms with E-state index in [1.165, 1.54) is 31.4 Å². The van der Waals surface area contributed by atoms with Crippen molar-refractivity contribution in [1.29, 1.82) is 0 Å². The zero-order valence-corrected chi connectivity index (χ0v) is 12.1. The fourth-order valence-corrected chi connectivity index (χ4v) is 3.50. The fraction of sp³-hybridized carbons (Fsp3) is 0.533. The first-order valence-electron chi connectivity index (χ1n) is 7.18. The molecule has 1 amide bonds. The number of phenols is 1. The average molecular weight is 295 g/mol. The molecular formula is C15H19ClN2O2. The molecule has 2 aliphatic rings. The van der Waals surface area contributed by atoms with Gasteiger partial charge in [-0.15, -0.1) is 0 Å². The van der Waals surface area contributed by atoms with Gasteiger partial charge in [0.15, 0.2) is 0 Å². The largest absolute Gasteiger partial charge is 0.506 e. The van der Waals surface area contributed by atoms with Crippen LogP contribution in [0.4, 0.5) is 0 Å². The van der Waals surface area contributed by atoms with Gasteiger partial charge in [-0.25, -0.2) is 0 Å². The molecule has 3 rings (SSSR count). The number of nitrogens with zero attached hydrogens (tertiary/aromatic N) is 1. The van der Waals surface area contributed by atoms with E-state index >= 15 is 0 Å². The number of piperidine rings is 1. The molecule has 2 heterocycles. The Hall–Kier alpha value is -1.26. The minimum atomic E-state index is -0.107. The number of benzene rings is 1. The van der Waals surface area contributed by atoms with Crippen molar-refractivity contribution in [2.75, 3.05) is 13.1 Å². The molecule has 0 spiro atoms. The maximum absolute atomic E-state index is 12.3. The summed E-state index contributed by atoms with van der Waals surface area (Å²) in [6.07, 6.45) is 4.70. The minimum Gasteiger partial charge on any atom is -0.506 e. The molecule has 1 aromatic rings. The van der Waals surface area contributed by atoms with Crippen LogP contribution in [0.2, 0.25) is 5.02 Å². The molecule has 4 nitrogen and oxygen atoms in total. The molecule has 2 N–H and O–H groups in total. The van der Waals surface area contributed by atoms with E-state index in [0.29, 0.717) is 11.6 Å². The number of hydrogen-bond acceptors (Lipinski definition) is 3. The third-order valence-corrected chi connectivity index (χ3v) is 4.69. The first-order chi connectivity index (χ1) is 9.65. The molecule has 2 saturated heterocycles. The zero-order valence-electron chi connectivity index (χ0n) is 11.3. The number of aromatic hydroxyl groups is 1. The van der Waals surface area contributed by atoms with E-state index in [0.717, 1.165) is 19.5 Å². The second-order valence-corrected chi connectivity index (χ2v) is 6.04. The number of fused-ring (bicyclic) bond motifs is 1. The maximum atomic E-state index is 12.3. The lowest BCUT2D eigenvalue weighted by molar-refractivity contribution is 0.0915. The van der Waals surface area contributed by atoms with Crippen LogP contribution in [0.3, 0.4) is 0 Å². The second kappa shape index (κ2) is 5.62. The summed E-state index contributed by atoms with van der Waals surface area (Å²) in [5, 5.41) is 12.7. The van der Waals surface area contributed by atoms with Crippen LogP contribution in [0.15, 0.2) is 18.2 Å². The second-order valence-electron chi connectivity index (χ2n) is 5.63. The molecule has 108 valence electrons. The topological polar surface area (TPSA) is 52.6 Å². The number of amides is 1. The van der Waals surface area contributed by atoms with E-state index in [1.54, 1.807) is 6.07 Å². The van der Waals surface area contributed by atoms with Gasteiger partial charge in [0.1, 0.15) is 5.75 Å². The average Bonchev–Trinajstić information content (AvgIpc) is 2.85. The molecule has 2 atom stereocenters. The standard InChI is InChI=1S/C15H19ClN2O2/c16-11-9-10(4-5-14(11)19)15(20)17-12-6-8-18-7-2-1-3-13(12)18/h4-5,9,12-13,19H,1-3,6-8H2,(H,17,20). The van der Waals surface area contributed by atoms with Gasteiger partial charge in [0, 0.05) is 24.2 Å². The Balaban J connectivity index is 1.68. The number of carbonyl (C=O) groups excluding carboxylic acids is 1. The Labute approximate surface area is 123 Å². The summed E-state index contributed by atoms with van der Waals surface area (Å²) in [4.78, 5) is 14.8. The number of phenolic OH excluding ortho intramolecular Hbond substituents is 1. The Morgan fingerprint density at radius 1 is 1.30 bits per heavy atom. The SMILES string of the molecule is O=C(NC1CCN2CCCCC12)c1ccc(O)c(Cl)c1. The van der Waals surface area contributed by atoms with Crippen molar-refractivity contribution in [2.24, 2.45) is 0 Å². The fourth-order valence-electron chi connectivity index (χ4n) is 3.32. The van der Waals surface area contributed by atoms with E-state index in [2.05, 4.69) is 10.2 Å². The Morgan fingerprint density at radius 2 is 2.15 bits per heavy atom. The van der Waals surface area contributed by atoms with Gasteiger partial charge in [0.25, 0.3) is 5.91 Å². The van der Waals surface area contributed by atoms with Crippen LogP contribution in [0.25, 0.3) is 0 Å². The summed E-state index contributed by atoms with van der Waals surface area (Å²) >= 11 is 5.85. The number of nitrogens with one attached hydrogen (secondary N) is 1. The summed E-state index contributed by atoms with van der Waals surface area (Å²) in [5.74, 6) is -0.105. The highest BCUT2D eigenvalue weighted by Gasteiger charge is 2.36. The van der Waals surface area contributed by atoms with Crippen LogP contribution < -0.4 is 5.32 Å². The van der Waals surface area contributed by atoms with Crippen molar-refractivity contribution < 1.29 is 9.90 Å². The number of carbonyl (C=O) groups is 1. The van der Waals surface area contributed by atoms with Gasteiger partial charge < -0.3 is 10.4 Å². The molecule has 2 fully saturated rings. The van der Waals surface area contributed by atoms with Gasteiger partial charge in [-0.2, -0.15) is 0 Å². The first-order valence-corrected chi connectivity index (χ1v) is 7.56. The number of halogens is 1. The van der Waals surface area contributed by atoms with Gasteiger partial charge in [0.2, 0.25) is 0 Å². The van der Waals surface area contributed by atoms with Gasteiger partial charge in [-0.3, -0.25) is 9.69 Å². The van der Waals surface area contributed by atoms with Crippen LogP contribution in [0.5, 0.6) is 5.75 Å². The zero-order chi connectivity index (χ0) is 14.1. The summed E-state index contributed by atoms with van der Waals surface area (Å²) in [7, 11) is 0. The maximum Gasteiger partial charge on any atom is 0.251 e. The molecule has 0 bridgehead atoms. The van der Waals surface area contributed by atoms with Crippen molar-refractivity contribution >= 4 is 17.5 Å². The normalized spacial score (nSPS) is 26.2. The van der Waals surface area contributed by atoms with Crippen LogP contribution in [0, 0.1) is 0 Å². The predicted molar refractivity (Wildman–Crippen MR) is 78.2 cm³/mol. The predicted octanol–water partition coefficient (Wildman–Crippen LogP) is 2.40. The van der Waals surface area contributed by atoms with E-state index in [4.69, 9.17) is 11.6 Å². The lowest BCUT2D eigenvalue weighted by atomic mass is 9.99. The highest BCUT2D eigenvalue weighted by molar-refractivity contribution is 6.32. The van der Waals surface area contributed by atoms with E-state index in [9.17, 15) is 9.90 Å². The molecule has 0 saturated carbocycles. The van der Waals surface area contributed by atoms with Crippen molar-refractivity contribution in [2.45, 2.75) is 37.8 Å². The molecular weight excluding hydrogens is 276 g/mol. The molecule has 20 heavy (non-hydrogen) atoms. The summed E-state index contributed by atoms with van der Waals surface area (Å²) < 4.78 is 0. The molecule has 0 radical (unpaired) electrons. The molecule has 0 aromatic heterocycles. The smallest absolute Gasteiger partial charge is 0.251 e. The quantitative estimate of drug-likeness (QED) is 0.881. The number of rotatable bonds is 2. The van der Waals surface area contributed by atoms with Gasteiger partial charge in [-0.05, 0) is 44.0 Å². The van der Waals surface area contributed by atoms with E-state index in [1.807, 2.05) is 0 Å². The van der Waals surface area contributed by atoms with E-state index in [-0.39, 0.29) is 22.7 Å². The van der Waals surface area contributed by atoms with Crippen molar-refractivity contribution in [3.8, 4) is 5.75 Å². The first kappa shape index (κ1) is 13.7. The Kier molecular flexibility index (Phi) is 3.85. The van der Waals surface area contributed by atoms with Crippen LogP contribution in [-0.4, -0.2) is 41.1 Å². The van der Waals surface area contributed by atoms with Crippen LogP contribution >= 0.6 is 11.6 Å². The Morgan fingerprint density at radius 3 is 2.95 bits per heavy atom.